The SMILES string of the molecule is CC(/C=N\NC(=O)CNC(=O)C(c1ccccc1)c1ccccc1)=C\c1ccco1. The maximum absolute atomic E-state index is 12.9. The van der Waals surface area contributed by atoms with Crippen LogP contribution in [0.25, 0.3) is 6.08 Å². The molecule has 0 fully saturated rings. The van der Waals surface area contributed by atoms with Crippen LogP contribution >= 0.6 is 0 Å². The number of nitrogens with one attached hydrogen (secondary N) is 2. The number of allylic oxidation sites excluding steroid dienone is 1. The Balaban J connectivity index is 1.57. The van der Waals surface area contributed by atoms with Crippen molar-refractivity contribution in [3.05, 3.63) is 102 Å². The highest BCUT2D eigenvalue weighted by Gasteiger charge is 2.22. The van der Waals surface area contributed by atoms with Gasteiger partial charge < -0.3 is 9.73 Å². The summed E-state index contributed by atoms with van der Waals surface area (Å²) in [6.07, 6.45) is 4.89. The number of nitrogens with zero attached hydrogens (tertiary/aromatic N) is 1. The number of amides is 2. The van der Waals surface area contributed by atoms with Crippen molar-refractivity contribution in [2.24, 2.45) is 5.10 Å². The Morgan fingerprint density at radius 1 is 0.967 bits per heavy atom. The largest absolute Gasteiger partial charge is 0.465 e. The van der Waals surface area contributed by atoms with Crippen molar-refractivity contribution in [1.82, 2.24) is 10.7 Å². The zero-order chi connectivity index (χ0) is 21.2. The summed E-state index contributed by atoms with van der Waals surface area (Å²) in [5.41, 5.74) is 4.94. The maximum atomic E-state index is 12.9. The zero-order valence-corrected chi connectivity index (χ0v) is 16.6. The Morgan fingerprint density at radius 2 is 1.60 bits per heavy atom. The molecule has 0 aliphatic heterocycles. The Hall–Kier alpha value is -3.93. The van der Waals surface area contributed by atoms with Gasteiger partial charge in [-0.3, -0.25) is 9.59 Å². The fourth-order valence-electron chi connectivity index (χ4n) is 2.94. The zero-order valence-electron chi connectivity index (χ0n) is 16.6. The van der Waals surface area contributed by atoms with Crippen LogP contribution in [0.5, 0.6) is 0 Å². The first-order valence-corrected chi connectivity index (χ1v) is 9.55. The van der Waals surface area contributed by atoms with Gasteiger partial charge in [0.05, 0.1) is 24.9 Å². The van der Waals surface area contributed by atoms with Crippen LogP contribution in [0.4, 0.5) is 0 Å². The maximum Gasteiger partial charge on any atom is 0.259 e. The third kappa shape index (κ3) is 6.04. The number of rotatable bonds is 8. The van der Waals surface area contributed by atoms with Gasteiger partial charge >= 0.3 is 0 Å². The molecule has 0 saturated heterocycles. The van der Waals surface area contributed by atoms with Crippen LogP contribution in [0, 0.1) is 0 Å². The molecule has 0 radical (unpaired) electrons. The lowest BCUT2D eigenvalue weighted by Crippen LogP contribution is -2.37. The van der Waals surface area contributed by atoms with Crippen LogP contribution in [-0.2, 0) is 9.59 Å². The van der Waals surface area contributed by atoms with E-state index in [9.17, 15) is 9.59 Å². The van der Waals surface area contributed by atoms with Gasteiger partial charge in [0.1, 0.15) is 5.76 Å². The highest BCUT2D eigenvalue weighted by atomic mass is 16.3. The molecule has 3 aromatic rings. The normalized spacial score (nSPS) is 11.6. The van der Waals surface area contributed by atoms with E-state index in [0.717, 1.165) is 16.7 Å². The van der Waals surface area contributed by atoms with E-state index in [1.54, 1.807) is 18.4 Å². The molecule has 2 N–H and O–H groups in total. The van der Waals surface area contributed by atoms with Crippen molar-refractivity contribution >= 4 is 24.1 Å². The summed E-state index contributed by atoms with van der Waals surface area (Å²) >= 11 is 0. The highest BCUT2D eigenvalue weighted by molar-refractivity contribution is 5.91. The van der Waals surface area contributed by atoms with Gasteiger partial charge in [-0.15, -0.1) is 0 Å². The van der Waals surface area contributed by atoms with Gasteiger partial charge in [0, 0.05) is 0 Å². The predicted octanol–water partition coefficient (Wildman–Crippen LogP) is 3.73. The monoisotopic (exact) mass is 401 g/mol. The molecule has 0 atom stereocenters. The van der Waals surface area contributed by atoms with E-state index in [2.05, 4.69) is 15.8 Å². The minimum absolute atomic E-state index is 0.173. The summed E-state index contributed by atoms with van der Waals surface area (Å²) in [5, 5.41) is 6.60. The quantitative estimate of drug-likeness (QED) is 0.446. The molecule has 6 heteroatoms. The molecule has 6 nitrogen and oxygen atoms in total. The van der Waals surface area contributed by atoms with Gasteiger partial charge in [-0.1, -0.05) is 60.7 Å². The molecule has 30 heavy (non-hydrogen) atoms. The number of carbonyl (C=O) groups excluding carboxylic acids is 2. The topological polar surface area (TPSA) is 83.7 Å². The van der Waals surface area contributed by atoms with Gasteiger partial charge in [-0.25, -0.2) is 5.43 Å². The second kappa shape index (κ2) is 10.6. The molecular weight excluding hydrogens is 378 g/mol. The van der Waals surface area contributed by atoms with E-state index >= 15 is 0 Å². The Kier molecular flexibility index (Phi) is 7.33. The first-order chi connectivity index (χ1) is 14.6. The lowest BCUT2D eigenvalue weighted by Gasteiger charge is -2.17. The van der Waals surface area contributed by atoms with E-state index in [1.807, 2.05) is 73.7 Å². The minimum atomic E-state index is -0.498. The van der Waals surface area contributed by atoms with E-state index in [-0.39, 0.29) is 12.5 Å². The van der Waals surface area contributed by atoms with Crippen LogP contribution in [0.15, 0.2) is 94.2 Å². The molecule has 0 saturated carbocycles. The van der Waals surface area contributed by atoms with Crippen molar-refractivity contribution in [2.75, 3.05) is 6.54 Å². The number of hydrazone groups is 1. The second-order valence-electron chi connectivity index (χ2n) is 6.67. The summed E-state index contributed by atoms with van der Waals surface area (Å²) in [4.78, 5) is 24.9. The lowest BCUT2D eigenvalue weighted by molar-refractivity contribution is -0.126. The van der Waals surface area contributed by atoms with Crippen LogP contribution in [0.3, 0.4) is 0 Å². The van der Waals surface area contributed by atoms with E-state index in [4.69, 9.17) is 4.42 Å². The summed E-state index contributed by atoms with van der Waals surface area (Å²) in [6, 6.07) is 22.6. The molecule has 0 aliphatic carbocycles. The standard InChI is InChI=1S/C24H23N3O3/c1-18(15-21-13-8-14-30-21)16-26-27-22(28)17-25-24(29)23(19-9-4-2-5-10-19)20-11-6-3-7-12-20/h2-16,23H,17H2,1H3,(H,25,29)(H,27,28)/b18-15+,26-16-. The van der Waals surface area contributed by atoms with Crippen LogP contribution in [-0.4, -0.2) is 24.6 Å². The average molecular weight is 401 g/mol. The lowest BCUT2D eigenvalue weighted by atomic mass is 9.90. The fraction of sp³-hybridized carbons (Fsp3) is 0.125. The summed E-state index contributed by atoms with van der Waals surface area (Å²) in [6.45, 7) is 1.66. The molecule has 0 spiro atoms. The molecule has 0 bridgehead atoms. The van der Waals surface area contributed by atoms with Crippen molar-refractivity contribution in [3.63, 3.8) is 0 Å². The van der Waals surface area contributed by atoms with E-state index in [1.165, 1.54) is 6.21 Å². The number of carbonyl (C=O) groups is 2. The van der Waals surface area contributed by atoms with E-state index < -0.39 is 11.8 Å². The molecule has 0 unspecified atom stereocenters. The molecule has 152 valence electrons. The molecule has 2 amide bonds. The molecule has 3 rings (SSSR count). The van der Waals surface area contributed by atoms with Crippen LogP contribution in [0.1, 0.15) is 29.7 Å². The summed E-state index contributed by atoms with van der Waals surface area (Å²) < 4.78 is 5.22. The van der Waals surface area contributed by atoms with Gasteiger partial charge in [0.2, 0.25) is 5.91 Å². The van der Waals surface area contributed by atoms with Gasteiger partial charge in [-0.2, -0.15) is 5.10 Å². The van der Waals surface area contributed by atoms with Gasteiger partial charge in [0.15, 0.2) is 0 Å². The minimum Gasteiger partial charge on any atom is -0.465 e. The second-order valence-corrected chi connectivity index (χ2v) is 6.67. The van der Waals surface area contributed by atoms with Crippen LogP contribution < -0.4 is 10.7 Å². The van der Waals surface area contributed by atoms with Crippen molar-refractivity contribution < 1.29 is 14.0 Å². The van der Waals surface area contributed by atoms with Crippen molar-refractivity contribution in [2.45, 2.75) is 12.8 Å². The number of furan rings is 1. The first kappa shape index (κ1) is 20.8. The average Bonchev–Trinajstić information content (AvgIpc) is 3.27. The summed E-state index contributed by atoms with van der Waals surface area (Å²) in [7, 11) is 0. The molecule has 2 aromatic carbocycles. The first-order valence-electron chi connectivity index (χ1n) is 9.55. The number of hydrogen-bond acceptors (Lipinski definition) is 4. The highest BCUT2D eigenvalue weighted by Crippen LogP contribution is 2.24. The Labute approximate surface area is 175 Å². The third-order valence-corrected chi connectivity index (χ3v) is 4.32. The third-order valence-electron chi connectivity index (χ3n) is 4.32. The van der Waals surface area contributed by atoms with Gasteiger partial charge in [-0.05, 0) is 41.8 Å². The number of benzene rings is 2. The molecular formula is C24H23N3O3. The van der Waals surface area contributed by atoms with E-state index in [0.29, 0.717) is 5.76 Å². The smallest absolute Gasteiger partial charge is 0.259 e. The fourth-order valence-corrected chi connectivity index (χ4v) is 2.94. The Morgan fingerprint density at radius 3 is 2.17 bits per heavy atom. The molecule has 1 heterocycles. The molecule has 1 aromatic heterocycles. The summed E-state index contributed by atoms with van der Waals surface area (Å²) in [5.74, 6) is -0.460. The predicted molar refractivity (Wildman–Crippen MR) is 117 cm³/mol. The van der Waals surface area contributed by atoms with Crippen LogP contribution in [0.2, 0.25) is 0 Å². The molecule has 0 aliphatic rings. The van der Waals surface area contributed by atoms with Crippen molar-refractivity contribution in [3.8, 4) is 0 Å². The Bertz CT molecular complexity index is 971. The number of hydrogen-bond donors (Lipinski definition) is 2. The van der Waals surface area contributed by atoms with Crippen molar-refractivity contribution in [1.29, 1.82) is 0 Å². The van der Waals surface area contributed by atoms with Gasteiger partial charge in [0.25, 0.3) is 5.91 Å².